The van der Waals surface area contributed by atoms with Crippen molar-refractivity contribution in [1.82, 2.24) is 15.5 Å². The largest absolute Gasteiger partial charge is 0.310 e. The van der Waals surface area contributed by atoms with Crippen molar-refractivity contribution in [2.24, 2.45) is 0 Å². The van der Waals surface area contributed by atoms with Crippen LogP contribution in [0.15, 0.2) is 30.3 Å². The van der Waals surface area contributed by atoms with Crippen LogP contribution in [0.3, 0.4) is 0 Å². The second kappa shape index (κ2) is 8.95. The summed E-state index contributed by atoms with van der Waals surface area (Å²) < 4.78 is 0. The molecule has 0 aliphatic carbocycles. The van der Waals surface area contributed by atoms with Gasteiger partial charge in [0.05, 0.1) is 0 Å². The summed E-state index contributed by atoms with van der Waals surface area (Å²) in [5.41, 5.74) is 1.38. The van der Waals surface area contributed by atoms with E-state index in [1.54, 1.807) is 0 Å². The van der Waals surface area contributed by atoms with E-state index >= 15 is 0 Å². The predicted molar refractivity (Wildman–Crippen MR) is 93.0 cm³/mol. The fourth-order valence-electron chi connectivity index (χ4n) is 2.77. The lowest BCUT2D eigenvalue weighted by molar-refractivity contribution is 0.317. The van der Waals surface area contributed by atoms with Crippen LogP contribution in [-0.4, -0.2) is 54.7 Å². The van der Waals surface area contributed by atoms with Crippen LogP contribution >= 0.6 is 25.3 Å². The van der Waals surface area contributed by atoms with Crippen molar-refractivity contribution in [3.63, 3.8) is 0 Å². The standard InChI is InChI=1S/C15H25N3S2/c19-8-6-16-14-11-18(12-15(14)17-7-9-20)10-13-4-2-1-3-5-13/h1-5,14-17,19-20H,6-12H2/t14-,15-/m1/s1. The average Bonchev–Trinajstić information content (AvgIpc) is 2.85. The number of benzene rings is 1. The van der Waals surface area contributed by atoms with Gasteiger partial charge in [-0.05, 0) is 5.56 Å². The zero-order valence-corrected chi connectivity index (χ0v) is 13.6. The van der Waals surface area contributed by atoms with Gasteiger partial charge in [-0.15, -0.1) is 0 Å². The molecular formula is C15H25N3S2. The predicted octanol–water partition coefficient (Wildman–Crippen LogP) is 1.28. The Hall–Kier alpha value is -0.200. The molecule has 112 valence electrons. The van der Waals surface area contributed by atoms with Gasteiger partial charge in [0.15, 0.2) is 0 Å². The summed E-state index contributed by atoms with van der Waals surface area (Å²) in [5.74, 6) is 1.77. The van der Waals surface area contributed by atoms with Crippen LogP contribution in [-0.2, 0) is 6.54 Å². The van der Waals surface area contributed by atoms with E-state index in [1.807, 2.05) is 0 Å². The molecule has 0 amide bonds. The second-order valence-electron chi connectivity index (χ2n) is 5.25. The van der Waals surface area contributed by atoms with Crippen LogP contribution in [0.2, 0.25) is 0 Å². The molecule has 1 aliphatic rings. The summed E-state index contributed by atoms with van der Waals surface area (Å²) >= 11 is 8.57. The molecule has 0 spiro atoms. The zero-order chi connectivity index (χ0) is 14.2. The van der Waals surface area contributed by atoms with Crippen molar-refractivity contribution in [1.29, 1.82) is 0 Å². The highest BCUT2D eigenvalue weighted by molar-refractivity contribution is 7.80. The number of likely N-dealkylation sites (tertiary alicyclic amines) is 1. The summed E-state index contributed by atoms with van der Waals surface area (Å²) in [5, 5.41) is 7.20. The van der Waals surface area contributed by atoms with E-state index < -0.39 is 0 Å². The molecular weight excluding hydrogens is 286 g/mol. The molecule has 20 heavy (non-hydrogen) atoms. The first-order valence-corrected chi connectivity index (χ1v) is 8.54. The van der Waals surface area contributed by atoms with Crippen molar-refractivity contribution >= 4 is 25.3 Å². The van der Waals surface area contributed by atoms with Gasteiger partial charge in [0.2, 0.25) is 0 Å². The summed E-state index contributed by atoms with van der Waals surface area (Å²) in [6.07, 6.45) is 0. The van der Waals surface area contributed by atoms with Crippen molar-refractivity contribution < 1.29 is 0 Å². The molecule has 1 saturated heterocycles. The number of nitrogens with zero attached hydrogens (tertiary/aromatic N) is 1. The second-order valence-corrected chi connectivity index (χ2v) is 6.14. The van der Waals surface area contributed by atoms with Crippen molar-refractivity contribution in [2.75, 3.05) is 37.7 Å². The van der Waals surface area contributed by atoms with Gasteiger partial charge >= 0.3 is 0 Å². The molecule has 2 atom stereocenters. The fraction of sp³-hybridized carbons (Fsp3) is 0.600. The minimum absolute atomic E-state index is 0.505. The number of rotatable bonds is 8. The lowest BCUT2D eigenvalue weighted by atomic mass is 10.2. The summed E-state index contributed by atoms with van der Waals surface area (Å²) in [4.78, 5) is 2.52. The van der Waals surface area contributed by atoms with Crippen molar-refractivity contribution in [3.05, 3.63) is 35.9 Å². The van der Waals surface area contributed by atoms with Gasteiger partial charge in [0, 0.05) is 56.3 Å². The lowest BCUT2D eigenvalue weighted by Gasteiger charge is -2.20. The topological polar surface area (TPSA) is 27.3 Å². The Labute approximate surface area is 133 Å². The van der Waals surface area contributed by atoms with Crippen molar-refractivity contribution in [3.8, 4) is 0 Å². The third kappa shape index (κ3) is 4.97. The third-order valence-corrected chi connectivity index (χ3v) is 4.13. The van der Waals surface area contributed by atoms with Gasteiger partial charge in [-0.3, -0.25) is 4.90 Å². The highest BCUT2D eigenvalue weighted by Gasteiger charge is 2.31. The molecule has 1 aromatic rings. The molecule has 2 rings (SSSR count). The van der Waals surface area contributed by atoms with Crippen LogP contribution in [0.5, 0.6) is 0 Å². The Morgan fingerprint density at radius 1 is 0.950 bits per heavy atom. The lowest BCUT2D eigenvalue weighted by Crippen LogP contribution is -2.48. The molecule has 0 radical (unpaired) electrons. The van der Waals surface area contributed by atoms with E-state index in [0.717, 1.165) is 44.2 Å². The quantitative estimate of drug-likeness (QED) is 0.545. The molecule has 3 nitrogen and oxygen atoms in total. The normalized spacial score (nSPS) is 23.3. The van der Waals surface area contributed by atoms with Crippen LogP contribution < -0.4 is 10.6 Å². The summed E-state index contributed by atoms with van der Waals surface area (Å²) in [7, 11) is 0. The Kier molecular flexibility index (Phi) is 7.24. The third-order valence-electron chi connectivity index (χ3n) is 3.68. The highest BCUT2D eigenvalue weighted by atomic mass is 32.1. The zero-order valence-electron chi connectivity index (χ0n) is 11.8. The average molecular weight is 312 g/mol. The molecule has 1 aromatic carbocycles. The fourth-order valence-corrected chi connectivity index (χ4v) is 3.03. The Morgan fingerprint density at radius 2 is 1.50 bits per heavy atom. The molecule has 0 unspecified atom stereocenters. The molecule has 1 heterocycles. The minimum Gasteiger partial charge on any atom is -0.310 e. The van der Waals surface area contributed by atoms with E-state index in [2.05, 4.69) is 71.1 Å². The maximum Gasteiger partial charge on any atom is 0.0362 e. The minimum atomic E-state index is 0.505. The number of hydrogen-bond donors (Lipinski definition) is 4. The first-order valence-electron chi connectivity index (χ1n) is 7.28. The molecule has 1 fully saturated rings. The monoisotopic (exact) mass is 311 g/mol. The van der Waals surface area contributed by atoms with E-state index in [0.29, 0.717) is 12.1 Å². The first kappa shape index (κ1) is 16.2. The van der Waals surface area contributed by atoms with Gasteiger partial charge in [0.25, 0.3) is 0 Å². The maximum absolute atomic E-state index is 4.29. The van der Waals surface area contributed by atoms with Gasteiger partial charge in [-0.2, -0.15) is 25.3 Å². The van der Waals surface area contributed by atoms with Gasteiger partial charge in [0.1, 0.15) is 0 Å². The van der Waals surface area contributed by atoms with Crippen LogP contribution in [0.4, 0.5) is 0 Å². The van der Waals surface area contributed by atoms with E-state index in [9.17, 15) is 0 Å². The first-order chi connectivity index (χ1) is 9.83. The maximum atomic E-state index is 4.29. The van der Waals surface area contributed by atoms with E-state index in [4.69, 9.17) is 0 Å². The smallest absolute Gasteiger partial charge is 0.0362 e. The van der Waals surface area contributed by atoms with Crippen LogP contribution in [0.25, 0.3) is 0 Å². The number of thiol groups is 2. The number of hydrogen-bond acceptors (Lipinski definition) is 5. The Bertz CT molecular complexity index is 359. The Morgan fingerprint density at radius 3 is 2.00 bits per heavy atom. The SMILES string of the molecule is SCCN[C@@H]1CN(Cc2ccccc2)C[C@H]1NCCS. The Balaban J connectivity index is 1.88. The molecule has 5 heteroatoms. The highest BCUT2D eigenvalue weighted by Crippen LogP contribution is 2.14. The molecule has 0 bridgehead atoms. The molecule has 1 aliphatic heterocycles. The summed E-state index contributed by atoms with van der Waals surface area (Å²) in [6, 6.07) is 11.7. The van der Waals surface area contributed by atoms with E-state index in [1.165, 1.54) is 5.56 Å². The molecule has 2 N–H and O–H groups in total. The van der Waals surface area contributed by atoms with Gasteiger partial charge in [-0.25, -0.2) is 0 Å². The summed E-state index contributed by atoms with van der Waals surface area (Å²) in [6.45, 7) is 5.14. The van der Waals surface area contributed by atoms with Crippen molar-refractivity contribution in [2.45, 2.75) is 18.6 Å². The van der Waals surface area contributed by atoms with Gasteiger partial charge < -0.3 is 10.6 Å². The molecule has 0 saturated carbocycles. The number of nitrogens with one attached hydrogen (secondary N) is 2. The molecule has 0 aromatic heterocycles. The van der Waals surface area contributed by atoms with Crippen LogP contribution in [0.1, 0.15) is 5.56 Å². The van der Waals surface area contributed by atoms with Crippen LogP contribution in [0, 0.1) is 0 Å². The van der Waals surface area contributed by atoms with Gasteiger partial charge in [-0.1, -0.05) is 30.3 Å². The van der Waals surface area contributed by atoms with E-state index in [-0.39, 0.29) is 0 Å².